The van der Waals surface area contributed by atoms with Crippen LogP contribution in [0.1, 0.15) is 39.0 Å². The minimum absolute atomic E-state index is 0.875. The highest BCUT2D eigenvalue weighted by molar-refractivity contribution is 4.87. The van der Waals surface area contributed by atoms with E-state index in [1.54, 1.807) is 0 Å². The van der Waals surface area contributed by atoms with E-state index in [0.29, 0.717) is 0 Å². The Morgan fingerprint density at radius 2 is 2.18 bits per heavy atom. The molecule has 1 nitrogen and oxygen atoms in total. The highest BCUT2D eigenvalue weighted by Crippen LogP contribution is 2.18. The molecule has 1 fully saturated rings. The SMILES string of the molecule is C=C(C)CCCCNC1CC1. The van der Waals surface area contributed by atoms with Crippen LogP contribution in [0.3, 0.4) is 0 Å². The first-order chi connectivity index (χ1) is 5.29. The van der Waals surface area contributed by atoms with Crippen molar-refractivity contribution in [3.63, 3.8) is 0 Å². The van der Waals surface area contributed by atoms with Crippen molar-refractivity contribution in [3.8, 4) is 0 Å². The van der Waals surface area contributed by atoms with Crippen molar-refractivity contribution in [1.82, 2.24) is 5.32 Å². The minimum Gasteiger partial charge on any atom is -0.314 e. The number of nitrogens with one attached hydrogen (secondary N) is 1. The third kappa shape index (κ3) is 5.02. The molecule has 0 amide bonds. The number of hydrogen-bond donors (Lipinski definition) is 1. The lowest BCUT2D eigenvalue weighted by molar-refractivity contribution is 0.619. The van der Waals surface area contributed by atoms with Crippen LogP contribution < -0.4 is 5.32 Å². The largest absolute Gasteiger partial charge is 0.314 e. The van der Waals surface area contributed by atoms with Gasteiger partial charge in [0.1, 0.15) is 0 Å². The Morgan fingerprint density at radius 3 is 2.73 bits per heavy atom. The third-order valence-corrected chi connectivity index (χ3v) is 2.04. The molecule has 1 heteroatoms. The molecule has 0 aliphatic heterocycles. The topological polar surface area (TPSA) is 12.0 Å². The maximum atomic E-state index is 3.88. The summed E-state index contributed by atoms with van der Waals surface area (Å²) in [6.45, 7) is 7.19. The average molecular weight is 153 g/mol. The molecule has 0 aromatic carbocycles. The van der Waals surface area contributed by atoms with Crippen LogP contribution in [0.5, 0.6) is 0 Å². The van der Waals surface area contributed by atoms with E-state index in [9.17, 15) is 0 Å². The van der Waals surface area contributed by atoms with Crippen LogP contribution >= 0.6 is 0 Å². The van der Waals surface area contributed by atoms with Gasteiger partial charge in [-0.3, -0.25) is 0 Å². The number of hydrogen-bond acceptors (Lipinski definition) is 1. The van der Waals surface area contributed by atoms with Gasteiger partial charge < -0.3 is 5.32 Å². The molecule has 0 unspecified atom stereocenters. The van der Waals surface area contributed by atoms with Crippen LogP contribution in [0.15, 0.2) is 12.2 Å². The van der Waals surface area contributed by atoms with Crippen LogP contribution in [0.2, 0.25) is 0 Å². The van der Waals surface area contributed by atoms with Gasteiger partial charge in [0.2, 0.25) is 0 Å². The fourth-order valence-corrected chi connectivity index (χ4v) is 1.15. The summed E-state index contributed by atoms with van der Waals surface area (Å²) in [4.78, 5) is 0. The van der Waals surface area contributed by atoms with Crippen molar-refractivity contribution in [3.05, 3.63) is 12.2 Å². The standard InChI is InChI=1S/C10H19N/c1-9(2)5-3-4-8-11-10-6-7-10/h10-11H,1,3-8H2,2H3. The molecule has 1 rings (SSSR count). The Labute approximate surface area is 69.9 Å². The zero-order chi connectivity index (χ0) is 8.10. The van der Waals surface area contributed by atoms with Gasteiger partial charge in [0.25, 0.3) is 0 Å². The van der Waals surface area contributed by atoms with Crippen LogP contribution in [-0.4, -0.2) is 12.6 Å². The van der Waals surface area contributed by atoms with Gasteiger partial charge >= 0.3 is 0 Å². The zero-order valence-electron chi connectivity index (χ0n) is 7.53. The molecule has 1 saturated carbocycles. The Bertz CT molecular complexity index is 125. The highest BCUT2D eigenvalue weighted by atomic mass is 14.9. The molecule has 1 aliphatic rings. The number of allylic oxidation sites excluding steroid dienone is 1. The lowest BCUT2D eigenvalue weighted by Crippen LogP contribution is -2.17. The summed E-state index contributed by atoms with van der Waals surface area (Å²) in [5.41, 5.74) is 1.32. The molecule has 0 aromatic heterocycles. The lowest BCUT2D eigenvalue weighted by Gasteiger charge is -2.01. The molecule has 0 radical (unpaired) electrons. The average Bonchev–Trinajstić information content (AvgIpc) is 2.70. The summed E-state index contributed by atoms with van der Waals surface area (Å²) >= 11 is 0. The summed E-state index contributed by atoms with van der Waals surface area (Å²) < 4.78 is 0. The van der Waals surface area contributed by atoms with Crippen molar-refractivity contribution in [1.29, 1.82) is 0 Å². The molecule has 0 bridgehead atoms. The smallest absolute Gasteiger partial charge is 0.00682 e. The van der Waals surface area contributed by atoms with Crippen molar-refractivity contribution in [2.75, 3.05) is 6.54 Å². The quantitative estimate of drug-likeness (QED) is 0.456. The fourth-order valence-electron chi connectivity index (χ4n) is 1.15. The summed E-state index contributed by atoms with van der Waals surface area (Å²) in [7, 11) is 0. The van der Waals surface area contributed by atoms with E-state index in [1.165, 1.54) is 44.2 Å². The van der Waals surface area contributed by atoms with Gasteiger partial charge in [0.05, 0.1) is 0 Å². The van der Waals surface area contributed by atoms with Gasteiger partial charge in [-0.15, -0.1) is 6.58 Å². The number of rotatable bonds is 6. The first-order valence-electron chi connectivity index (χ1n) is 4.67. The van der Waals surface area contributed by atoms with E-state index in [2.05, 4.69) is 18.8 Å². The van der Waals surface area contributed by atoms with Crippen molar-refractivity contribution in [2.45, 2.75) is 45.1 Å². The molecule has 64 valence electrons. The first-order valence-corrected chi connectivity index (χ1v) is 4.67. The maximum Gasteiger partial charge on any atom is 0.00682 e. The van der Waals surface area contributed by atoms with Crippen LogP contribution in [0.25, 0.3) is 0 Å². The fraction of sp³-hybridized carbons (Fsp3) is 0.800. The zero-order valence-corrected chi connectivity index (χ0v) is 7.53. The predicted molar refractivity (Wildman–Crippen MR) is 49.7 cm³/mol. The lowest BCUT2D eigenvalue weighted by atomic mass is 10.1. The summed E-state index contributed by atoms with van der Waals surface area (Å²) in [6.07, 6.45) is 6.62. The predicted octanol–water partition coefficient (Wildman–Crippen LogP) is 2.48. The van der Waals surface area contributed by atoms with Gasteiger partial charge in [0, 0.05) is 6.04 Å². The van der Waals surface area contributed by atoms with E-state index in [-0.39, 0.29) is 0 Å². The Hall–Kier alpha value is -0.300. The van der Waals surface area contributed by atoms with Crippen molar-refractivity contribution >= 4 is 0 Å². The van der Waals surface area contributed by atoms with E-state index in [1.807, 2.05) is 0 Å². The van der Waals surface area contributed by atoms with Crippen LogP contribution in [0, 0.1) is 0 Å². The summed E-state index contributed by atoms with van der Waals surface area (Å²) in [5.74, 6) is 0. The van der Waals surface area contributed by atoms with Gasteiger partial charge in [-0.05, 0) is 45.6 Å². The van der Waals surface area contributed by atoms with E-state index < -0.39 is 0 Å². The third-order valence-electron chi connectivity index (χ3n) is 2.04. The van der Waals surface area contributed by atoms with Crippen molar-refractivity contribution < 1.29 is 0 Å². The molecular formula is C10H19N. The molecule has 0 atom stereocenters. The number of unbranched alkanes of at least 4 members (excludes halogenated alkanes) is 1. The molecular weight excluding hydrogens is 134 g/mol. The second-order valence-electron chi connectivity index (χ2n) is 3.64. The second kappa shape index (κ2) is 4.55. The molecule has 1 aliphatic carbocycles. The molecule has 1 N–H and O–H groups in total. The molecule has 0 heterocycles. The minimum atomic E-state index is 0.875. The van der Waals surface area contributed by atoms with Crippen molar-refractivity contribution in [2.24, 2.45) is 0 Å². The normalized spacial score (nSPS) is 16.8. The van der Waals surface area contributed by atoms with Gasteiger partial charge in [-0.2, -0.15) is 0 Å². The molecule has 0 aromatic rings. The molecule has 0 saturated heterocycles. The Kier molecular flexibility index (Phi) is 3.64. The van der Waals surface area contributed by atoms with E-state index in [4.69, 9.17) is 0 Å². The van der Waals surface area contributed by atoms with Crippen LogP contribution in [-0.2, 0) is 0 Å². The summed E-state index contributed by atoms with van der Waals surface area (Å²) in [5, 5.41) is 3.50. The molecule has 11 heavy (non-hydrogen) atoms. The molecule has 0 spiro atoms. The Balaban J connectivity index is 1.76. The Morgan fingerprint density at radius 1 is 1.45 bits per heavy atom. The summed E-state index contributed by atoms with van der Waals surface area (Å²) in [6, 6.07) is 0.875. The van der Waals surface area contributed by atoms with Gasteiger partial charge in [-0.1, -0.05) is 5.57 Å². The maximum absolute atomic E-state index is 3.88. The van der Waals surface area contributed by atoms with Gasteiger partial charge in [0.15, 0.2) is 0 Å². The van der Waals surface area contributed by atoms with E-state index in [0.717, 1.165) is 6.04 Å². The monoisotopic (exact) mass is 153 g/mol. The second-order valence-corrected chi connectivity index (χ2v) is 3.64. The first kappa shape index (κ1) is 8.79. The van der Waals surface area contributed by atoms with Crippen LogP contribution in [0.4, 0.5) is 0 Å². The highest BCUT2D eigenvalue weighted by Gasteiger charge is 2.19. The van der Waals surface area contributed by atoms with E-state index >= 15 is 0 Å². The van der Waals surface area contributed by atoms with Gasteiger partial charge in [-0.25, -0.2) is 0 Å².